The van der Waals surface area contributed by atoms with Gasteiger partial charge in [-0.2, -0.15) is 4.98 Å². The van der Waals surface area contributed by atoms with Crippen LogP contribution in [0.25, 0.3) is 17.0 Å². The Bertz CT molecular complexity index is 963. The third kappa shape index (κ3) is 2.22. The van der Waals surface area contributed by atoms with Crippen molar-refractivity contribution >= 4 is 17.1 Å². The lowest BCUT2D eigenvalue weighted by molar-refractivity contribution is 0.204. The monoisotopic (exact) mass is 326 g/mol. The van der Waals surface area contributed by atoms with Gasteiger partial charge in [0.2, 0.25) is 5.95 Å². The largest absolute Gasteiger partial charge is 0.488 e. The highest BCUT2D eigenvalue weighted by molar-refractivity contribution is 5.80. The third-order valence-corrected chi connectivity index (χ3v) is 4.37. The van der Waals surface area contributed by atoms with Crippen LogP contribution in [0.3, 0.4) is 0 Å². The molecule has 1 aliphatic rings. The summed E-state index contributed by atoms with van der Waals surface area (Å²) in [5, 5.41) is 0. The highest BCUT2D eigenvalue weighted by atomic mass is 16.5. The average Bonchev–Trinajstić information content (AvgIpc) is 2.90. The zero-order chi connectivity index (χ0) is 16.8. The van der Waals surface area contributed by atoms with Crippen LogP contribution in [-0.2, 0) is 0 Å². The van der Waals surface area contributed by atoms with E-state index in [-0.39, 0.29) is 17.8 Å². The molecule has 1 N–H and O–H groups in total. The molecule has 0 aliphatic carbocycles. The van der Waals surface area contributed by atoms with Crippen molar-refractivity contribution in [2.75, 3.05) is 11.9 Å². The Hall–Kier alpha value is -2.90. The molecule has 0 aromatic carbocycles. The van der Waals surface area contributed by atoms with E-state index >= 15 is 0 Å². The van der Waals surface area contributed by atoms with Crippen molar-refractivity contribution in [1.29, 1.82) is 0 Å². The van der Waals surface area contributed by atoms with Crippen molar-refractivity contribution in [3.8, 4) is 11.6 Å². The van der Waals surface area contributed by atoms with Crippen LogP contribution in [-0.4, -0.2) is 43.7 Å². The lowest BCUT2D eigenvalue weighted by Crippen LogP contribution is -2.34. The molecule has 3 aromatic heterocycles. The summed E-state index contributed by atoms with van der Waals surface area (Å²) in [6, 6.07) is 3.66. The molecule has 124 valence electrons. The smallest absolute Gasteiger partial charge is 0.333 e. The van der Waals surface area contributed by atoms with Gasteiger partial charge >= 0.3 is 5.69 Å². The predicted molar refractivity (Wildman–Crippen MR) is 89.9 cm³/mol. The third-order valence-electron chi connectivity index (χ3n) is 4.37. The van der Waals surface area contributed by atoms with E-state index in [1.165, 1.54) is 4.57 Å². The van der Waals surface area contributed by atoms with E-state index in [1.54, 1.807) is 24.5 Å². The van der Waals surface area contributed by atoms with Gasteiger partial charge in [-0.3, -0.25) is 4.98 Å². The maximum Gasteiger partial charge on any atom is 0.333 e. The van der Waals surface area contributed by atoms with Crippen molar-refractivity contribution in [3.05, 3.63) is 35.0 Å². The number of fused-ring (bicyclic) bond motifs is 3. The molecule has 2 atom stereocenters. The molecule has 0 unspecified atom stereocenters. The van der Waals surface area contributed by atoms with Crippen LogP contribution in [0.15, 0.2) is 29.3 Å². The fraction of sp³-hybridized carbons (Fsp3) is 0.375. The Balaban J connectivity index is 2.05. The Kier molecular flexibility index (Phi) is 3.26. The normalized spacial score (nSPS) is 20.5. The van der Waals surface area contributed by atoms with Gasteiger partial charge in [0.25, 0.3) is 0 Å². The molecule has 0 saturated carbocycles. The van der Waals surface area contributed by atoms with Gasteiger partial charge in [0, 0.05) is 44.0 Å². The predicted octanol–water partition coefficient (Wildman–Crippen LogP) is 1.50. The second kappa shape index (κ2) is 5.33. The molecule has 0 spiro atoms. The topological polar surface area (TPSA) is 88.9 Å². The molecule has 4 rings (SSSR count). The summed E-state index contributed by atoms with van der Waals surface area (Å²) >= 11 is 0. The molecule has 8 heteroatoms. The Morgan fingerprint density at radius 3 is 2.88 bits per heavy atom. The quantitative estimate of drug-likeness (QED) is 0.673. The first-order valence-electron chi connectivity index (χ1n) is 7.87. The van der Waals surface area contributed by atoms with Crippen LogP contribution in [0.2, 0.25) is 0 Å². The summed E-state index contributed by atoms with van der Waals surface area (Å²) in [7, 11) is 1.94. The van der Waals surface area contributed by atoms with E-state index < -0.39 is 0 Å². The van der Waals surface area contributed by atoms with Crippen LogP contribution in [0.5, 0.6) is 5.75 Å². The molecular formula is C16H18N6O2. The Labute approximate surface area is 138 Å². The van der Waals surface area contributed by atoms with Crippen molar-refractivity contribution in [2.24, 2.45) is 0 Å². The number of hydrogen-bond acceptors (Lipinski definition) is 6. The molecule has 0 fully saturated rings. The number of pyridine rings is 1. The first-order chi connectivity index (χ1) is 11.5. The van der Waals surface area contributed by atoms with Gasteiger partial charge in [0.1, 0.15) is 17.1 Å². The summed E-state index contributed by atoms with van der Waals surface area (Å²) in [5.41, 5.74) is 0.766. The number of anilines is 1. The summed E-state index contributed by atoms with van der Waals surface area (Å²) in [6.45, 7) is 4.11. The van der Waals surface area contributed by atoms with E-state index in [4.69, 9.17) is 4.74 Å². The Morgan fingerprint density at radius 2 is 2.04 bits per heavy atom. The lowest BCUT2D eigenvalue weighted by atomic mass is 10.1. The summed E-state index contributed by atoms with van der Waals surface area (Å²) in [4.78, 5) is 30.4. The number of nitrogens with one attached hydrogen (secondary N) is 1. The number of ether oxygens (including phenoxy) is 1. The second-order valence-electron chi connectivity index (χ2n) is 6.11. The number of rotatable bonds is 0. The highest BCUT2D eigenvalue weighted by Gasteiger charge is 2.22. The number of H-pyrrole nitrogens is 1. The van der Waals surface area contributed by atoms with Crippen molar-refractivity contribution in [2.45, 2.75) is 32.4 Å². The van der Waals surface area contributed by atoms with Gasteiger partial charge in [-0.15, -0.1) is 0 Å². The van der Waals surface area contributed by atoms with E-state index in [0.29, 0.717) is 28.7 Å². The number of aromatic amines is 1. The van der Waals surface area contributed by atoms with Gasteiger partial charge < -0.3 is 9.64 Å². The molecule has 1 aliphatic heterocycles. The van der Waals surface area contributed by atoms with E-state index in [1.807, 2.05) is 18.9 Å². The first kappa shape index (κ1) is 14.7. The number of hydrogen-bond donors (Lipinski definition) is 1. The SMILES string of the molecule is C[C@H]1C[C@H](C)N(C)c2nccc(n2)-n2c(=O)[nH]c3nccc(c32)O1. The molecule has 24 heavy (non-hydrogen) atoms. The lowest BCUT2D eigenvalue weighted by Gasteiger charge is -2.27. The van der Waals surface area contributed by atoms with Gasteiger partial charge in [0.15, 0.2) is 5.65 Å². The number of nitrogens with zero attached hydrogens (tertiary/aromatic N) is 5. The summed E-state index contributed by atoms with van der Waals surface area (Å²) in [6.07, 6.45) is 4.04. The summed E-state index contributed by atoms with van der Waals surface area (Å²) < 4.78 is 7.60. The highest BCUT2D eigenvalue weighted by Crippen LogP contribution is 2.27. The molecule has 0 saturated heterocycles. The maximum atomic E-state index is 12.5. The zero-order valence-corrected chi connectivity index (χ0v) is 13.7. The van der Waals surface area contributed by atoms with Crippen LogP contribution < -0.4 is 15.3 Å². The van der Waals surface area contributed by atoms with Crippen LogP contribution in [0, 0.1) is 0 Å². The fourth-order valence-electron chi connectivity index (χ4n) is 3.05. The molecule has 0 amide bonds. The van der Waals surface area contributed by atoms with Gasteiger partial charge in [0.05, 0.1) is 6.10 Å². The minimum Gasteiger partial charge on any atom is -0.488 e. The number of imidazole rings is 1. The molecular weight excluding hydrogens is 308 g/mol. The molecule has 0 radical (unpaired) electrons. The zero-order valence-electron chi connectivity index (χ0n) is 13.7. The van der Waals surface area contributed by atoms with E-state index in [9.17, 15) is 4.79 Å². The molecule has 3 aromatic rings. The standard InChI is InChI=1S/C16H18N6O2/c1-9-8-10(2)24-11-4-6-17-14-13(11)22(16(23)20-14)12-5-7-18-15(19-12)21(9)3/h4-7,9-10H,8H2,1-3H3,(H,17,20,23)/t9-,10-/m0/s1. The van der Waals surface area contributed by atoms with Crippen molar-refractivity contribution < 1.29 is 4.74 Å². The average molecular weight is 326 g/mol. The molecule has 2 bridgehead atoms. The van der Waals surface area contributed by atoms with E-state index in [0.717, 1.165) is 6.42 Å². The molecule has 8 nitrogen and oxygen atoms in total. The minimum atomic E-state index is -0.305. The minimum absolute atomic E-state index is 0.0389. The van der Waals surface area contributed by atoms with Crippen molar-refractivity contribution in [1.82, 2.24) is 24.5 Å². The first-order valence-corrected chi connectivity index (χ1v) is 7.87. The fourth-order valence-corrected chi connectivity index (χ4v) is 3.05. The van der Waals surface area contributed by atoms with E-state index in [2.05, 4.69) is 26.9 Å². The van der Waals surface area contributed by atoms with Crippen molar-refractivity contribution in [3.63, 3.8) is 0 Å². The van der Waals surface area contributed by atoms with Crippen LogP contribution in [0.1, 0.15) is 20.3 Å². The number of aromatic nitrogens is 5. The van der Waals surface area contributed by atoms with Gasteiger partial charge in [-0.1, -0.05) is 0 Å². The van der Waals surface area contributed by atoms with Gasteiger partial charge in [-0.05, 0) is 13.8 Å². The maximum absolute atomic E-state index is 12.5. The second-order valence-corrected chi connectivity index (χ2v) is 6.11. The van der Waals surface area contributed by atoms with Gasteiger partial charge in [-0.25, -0.2) is 19.3 Å². The molecule has 4 heterocycles. The van der Waals surface area contributed by atoms with Crippen LogP contribution in [0.4, 0.5) is 5.95 Å². The summed E-state index contributed by atoms with van der Waals surface area (Å²) in [5.74, 6) is 1.67. The van der Waals surface area contributed by atoms with Crippen LogP contribution >= 0.6 is 0 Å². The Morgan fingerprint density at radius 1 is 1.25 bits per heavy atom.